The molecule has 1 aliphatic heterocycles. The van der Waals surface area contributed by atoms with E-state index in [1.807, 2.05) is 6.92 Å². The van der Waals surface area contributed by atoms with Gasteiger partial charge in [0.25, 0.3) is 0 Å². The van der Waals surface area contributed by atoms with Crippen LogP contribution in [-0.2, 0) is 0 Å². The van der Waals surface area contributed by atoms with Crippen molar-refractivity contribution in [3.8, 4) is 0 Å². The summed E-state index contributed by atoms with van der Waals surface area (Å²) in [7, 11) is 0. The maximum atomic E-state index is 13.8. The second kappa shape index (κ2) is 8.82. The first-order valence-electron chi connectivity index (χ1n) is 8.38. The molecular weight excluding hydrogens is 316 g/mol. The lowest BCUT2D eigenvalue weighted by Crippen LogP contribution is -2.44. The molecular formula is C17H25F2N3O2. The van der Waals surface area contributed by atoms with Gasteiger partial charge in [-0.1, -0.05) is 13.3 Å². The Morgan fingerprint density at radius 3 is 2.92 bits per heavy atom. The van der Waals surface area contributed by atoms with E-state index in [0.29, 0.717) is 38.2 Å². The maximum Gasteiger partial charge on any atom is 0.315 e. The average molecular weight is 341 g/mol. The molecule has 134 valence electrons. The quantitative estimate of drug-likeness (QED) is 0.713. The fraction of sp³-hybridized carbons (Fsp3) is 0.588. The Bertz CT molecular complexity index is 557. The van der Waals surface area contributed by atoms with Crippen molar-refractivity contribution >= 4 is 11.7 Å². The minimum absolute atomic E-state index is 0.0765. The second-order valence-corrected chi connectivity index (χ2v) is 6.17. The van der Waals surface area contributed by atoms with Crippen molar-refractivity contribution in [1.82, 2.24) is 10.6 Å². The first-order chi connectivity index (χ1) is 11.5. The van der Waals surface area contributed by atoms with Gasteiger partial charge >= 0.3 is 6.03 Å². The molecule has 0 radical (unpaired) electrons. The molecule has 24 heavy (non-hydrogen) atoms. The van der Waals surface area contributed by atoms with E-state index in [4.69, 9.17) is 5.11 Å². The van der Waals surface area contributed by atoms with E-state index in [-0.39, 0.29) is 24.6 Å². The molecule has 0 bridgehead atoms. The lowest BCUT2D eigenvalue weighted by Gasteiger charge is -2.20. The number of hydrogen-bond donors (Lipinski definition) is 3. The molecule has 0 aliphatic carbocycles. The van der Waals surface area contributed by atoms with Crippen molar-refractivity contribution in [3.63, 3.8) is 0 Å². The van der Waals surface area contributed by atoms with Crippen molar-refractivity contribution in [3.05, 3.63) is 29.8 Å². The van der Waals surface area contributed by atoms with Gasteiger partial charge in [-0.15, -0.1) is 0 Å². The number of hydrogen-bond acceptors (Lipinski definition) is 3. The normalized spacial score (nSPS) is 18.5. The fourth-order valence-electron chi connectivity index (χ4n) is 2.94. The number of benzene rings is 1. The van der Waals surface area contributed by atoms with E-state index >= 15 is 0 Å². The summed E-state index contributed by atoms with van der Waals surface area (Å²) in [4.78, 5) is 13.8. The SMILES string of the molecule is CCC(CCO)CNC(=O)NC1CCN(c2ccc(F)cc2F)C1. The summed E-state index contributed by atoms with van der Waals surface area (Å²) in [5, 5.41) is 14.6. The summed E-state index contributed by atoms with van der Waals surface area (Å²) < 4.78 is 26.8. The highest BCUT2D eigenvalue weighted by Crippen LogP contribution is 2.24. The highest BCUT2D eigenvalue weighted by Gasteiger charge is 2.26. The lowest BCUT2D eigenvalue weighted by molar-refractivity contribution is 0.228. The molecule has 1 heterocycles. The number of anilines is 1. The number of aliphatic hydroxyl groups excluding tert-OH is 1. The molecule has 2 unspecified atom stereocenters. The Labute approximate surface area is 141 Å². The number of rotatable bonds is 7. The van der Waals surface area contributed by atoms with Gasteiger partial charge in [0, 0.05) is 38.3 Å². The van der Waals surface area contributed by atoms with Crippen LogP contribution in [0.15, 0.2) is 18.2 Å². The van der Waals surface area contributed by atoms with Crippen LogP contribution < -0.4 is 15.5 Å². The first kappa shape index (κ1) is 18.4. The number of halogens is 2. The number of nitrogens with zero attached hydrogens (tertiary/aromatic N) is 1. The van der Waals surface area contributed by atoms with Gasteiger partial charge in [-0.05, 0) is 30.9 Å². The van der Waals surface area contributed by atoms with Gasteiger partial charge in [0.05, 0.1) is 5.69 Å². The Kier molecular flexibility index (Phi) is 6.78. The highest BCUT2D eigenvalue weighted by molar-refractivity contribution is 5.74. The molecule has 1 saturated heterocycles. The Balaban J connectivity index is 1.80. The molecule has 1 aromatic rings. The summed E-state index contributed by atoms with van der Waals surface area (Å²) >= 11 is 0. The Morgan fingerprint density at radius 1 is 1.46 bits per heavy atom. The zero-order valence-electron chi connectivity index (χ0n) is 13.9. The van der Waals surface area contributed by atoms with E-state index in [9.17, 15) is 13.6 Å². The van der Waals surface area contributed by atoms with Crippen molar-refractivity contribution in [2.24, 2.45) is 5.92 Å². The van der Waals surface area contributed by atoms with E-state index in [1.165, 1.54) is 12.1 Å². The molecule has 2 amide bonds. The molecule has 3 N–H and O–H groups in total. The summed E-state index contributed by atoms with van der Waals surface area (Å²) in [6.07, 6.45) is 2.26. The molecule has 7 heteroatoms. The van der Waals surface area contributed by atoms with Crippen molar-refractivity contribution in [2.75, 3.05) is 31.1 Å². The number of carbonyl (C=O) groups excluding carboxylic acids is 1. The van der Waals surface area contributed by atoms with Crippen LogP contribution in [0, 0.1) is 17.6 Å². The highest BCUT2D eigenvalue weighted by atomic mass is 19.1. The smallest absolute Gasteiger partial charge is 0.315 e. The summed E-state index contributed by atoms with van der Waals surface area (Å²) in [6, 6.07) is 3.20. The van der Waals surface area contributed by atoms with Crippen molar-refractivity contribution in [2.45, 2.75) is 32.2 Å². The second-order valence-electron chi connectivity index (χ2n) is 6.17. The van der Waals surface area contributed by atoms with Crippen LogP contribution >= 0.6 is 0 Å². The third-order valence-corrected chi connectivity index (χ3v) is 4.44. The third-order valence-electron chi connectivity index (χ3n) is 4.44. The van der Waals surface area contributed by atoms with Gasteiger partial charge in [-0.3, -0.25) is 0 Å². The standard InChI is InChI=1S/C17H25F2N3O2/c1-2-12(6-8-23)10-20-17(24)21-14-5-7-22(11-14)16-4-3-13(18)9-15(16)19/h3-4,9,12,14,23H,2,5-8,10-11H2,1H3,(H2,20,21,24). The molecule has 1 aromatic carbocycles. The summed E-state index contributed by atoms with van der Waals surface area (Å²) in [5.74, 6) is -0.929. The summed E-state index contributed by atoms with van der Waals surface area (Å²) in [6.45, 7) is 3.75. The molecule has 2 rings (SSSR count). The zero-order chi connectivity index (χ0) is 17.5. The lowest BCUT2D eigenvalue weighted by atomic mass is 10.0. The van der Waals surface area contributed by atoms with Gasteiger partial charge in [0.15, 0.2) is 0 Å². The van der Waals surface area contributed by atoms with Crippen LogP contribution in [0.25, 0.3) is 0 Å². The van der Waals surface area contributed by atoms with E-state index < -0.39 is 11.6 Å². The van der Waals surface area contributed by atoms with Gasteiger partial charge in [-0.25, -0.2) is 13.6 Å². The molecule has 0 aromatic heterocycles. The number of urea groups is 1. The molecule has 1 fully saturated rings. The van der Waals surface area contributed by atoms with Gasteiger partial charge in [0.1, 0.15) is 11.6 Å². The van der Waals surface area contributed by atoms with Crippen LogP contribution in [0.3, 0.4) is 0 Å². The maximum absolute atomic E-state index is 13.8. The average Bonchev–Trinajstić information content (AvgIpc) is 2.99. The molecule has 0 saturated carbocycles. The number of nitrogens with one attached hydrogen (secondary N) is 2. The van der Waals surface area contributed by atoms with Crippen LogP contribution in [-0.4, -0.2) is 43.4 Å². The molecule has 1 aliphatic rings. The number of aliphatic hydroxyl groups is 1. The minimum Gasteiger partial charge on any atom is -0.396 e. The van der Waals surface area contributed by atoms with Gasteiger partial charge in [-0.2, -0.15) is 0 Å². The Morgan fingerprint density at radius 2 is 2.25 bits per heavy atom. The molecule has 5 nitrogen and oxygen atoms in total. The van der Waals surface area contributed by atoms with Crippen LogP contribution in [0.5, 0.6) is 0 Å². The monoisotopic (exact) mass is 341 g/mol. The van der Waals surface area contributed by atoms with E-state index in [2.05, 4.69) is 10.6 Å². The zero-order valence-corrected chi connectivity index (χ0v) is 13.9. The predicted octanol–water partition coefficient (Wildman–Crippen LogP) is 2.25. The van der Waals surface area contributed by atoms with Crippen LogP contribution in [0.1, 0.15) is 26.2 Å². The molecule has 0 spiro atoms. The fourth-order valence-corrected chi connectivity index (χ4v) is 2.94. The van der Waals surface area contributed by atoms with Gasteiger partial charge < -0.3 is 20.6 Å². The van der Waals surface area contributed by atoms with Crippen LogP contribution in [0.2, 0.25) is 0 Å². The van der Waals surface area contributed by atoms with Gasteiger partial charge in [0.2, 0.25) is 0 Å². The van der Waals surface area contributed by atoms with Crippen molar-refractivity contribution in [1.29, 1.82) is 0 Å². The van der Waals surface area contributed by atoms with E-state index in [1.54, 1.807) is 4.90 Å². The largest absolute Gasteiger partial charge is 0.396 e. The van der Waals surface area contributed by atoms with E-state index in [0.717, 1.165) is 12.5 Å². The van der Waals surface area contributed by atoms with Crippen LogP contribution in [0.4, 0.5) is 19.3 Å². The predicted molar refractivity (Wildman–Crippen MR) is 89.0 cm³/mol. The third kappa shape index (κ3) is 5.06. The van der Waals surface area contributed by atoms with Crippen molar-refractivity contribution < 1.29 is 18.7 Å². The number of carbonyl (C=O) groups is 1. The number of amides is 2. The molecule has 2 atom stereocenters. The summed E-state index contributed by atoms with van der Waals surface area (Å²) in [5.41, 5.74) is 0.357. The minimum atomic E-state index is -0.599. The first-order valence-corrected chi connectivity index (χ1v) is 8.38. The Hall–Kier alpha value is -1.89. The topological polar surface area (TPSA) is 64.6 Å².